The molecule has 6 nitrogen and oxygen atoms in total. The number of hydrogen-bond acceptors (Lipinski definition) is 5. The minimum Gasteiger partial charge on any atom is -0.343 e. The lowest BCUT2D eigenvalue weighted by Gasteiger charge is -2.13. The predicted octanol–water partition coefficient (Wildman–Crippen LogP) is 4.69. The average Bonchev–Trinajstić information content (AvgIpc) is 3.30. The first-order chi connectivity index (χ1) is 15.9. The Morgan fingerprint density at radius 3 is 2.73 bits per heavy atom. The van der Waals surface area contributed by atoms with E-state index < -0.39 is 17.4 Å². The summed E-state index contributed by atoms with van der Waals surface area (Å²) in [5.74, 6) is -1.69. The van der Waals surface area contributed by atoms with Crippen LogP contribution in [-0.4, -0.2) is 20.7 Å². The van der Waals surface area contributed by atoms with Gasteiger partial charge >= 0.3 is 0 Å². The number of halogens is 2. The first kappa shape index (κ1) is 22.5. The van der Waals surface area contributed by atoms with E-state index in [9.17, 15) is 18.4 Å². The molecule has 0 radical (unpaired) electrons. The zero-order valence-electron chi connectivity index (χ0n) is 17.9. The summed E-state index contributed by atoms with van der Waals surface area (Å²) in [6.07, 6.45) is 2.03. The molecule has 168 valence electrons. The smallest absolute Gasteiger partial charge is 0.272 e. The quantitative estimate of drug-likeness (QED) is 0.419. The molecule has 3 heterocycles. The minimum absolute atomic E-state index is 0.0418. The van der Waals surface area contributed by atoms with Crippen LogP contribution in [0.15, 0.2) is 65.6 Å². The van der Waals surface area contributed by atoms with Gasteiger partial charge in [-0.2, -0.15) is 14.2 Å². The van der Waals surface area contributed by atoms with Gasteiger partial charge in [0, 0.05) is 22.0 Å². The number of hydrogen-bond donors (Lipinski definition) is 1. The molecule has 0 bridgehead atoms. The van der Waals surface area contributed by atoms with Crippen molar-refractivity contribution in [3.8, 4) is 16.1 Å². The molecule has 4 aromatic rings. The van der Waals surface area contributed by atoms with E-state index in [1.807, 2.05) is 26.0 Å². The van der Waals surface area contributed by atoms with E-state index in [4.69, 9.17) is 0 Å². The molecule has 9 heteroatoms. The molecule has 0 aliphatic rings. The number of rotatable bonds is 6. The van der Waals surface area contributed by atoms with Crippen LogP contribution in [0.4, 0.5) is 8.78 Å². The fourth-order valence-electron chi connectivity index (χ4n) is 3.40. The highest BCUT2D eigenvalue weighted by Crippen LogP contribution is 2.34. The van der Waals surface area contributed by atoms with Crippen molar-refractivity contribution in [2.75, 3.05) is 0 Å². The summed E-state index contributed by atoms with van der Waals surface area (Å²) in [6, 6.07) is 13.4. The Bertz CT molecular complexity index is 1380. The molecule has 0 spiro atoms. The SMILES string of the molecule is CCc1ccc(F)cc1-c1ccc([C@@H](C)NC(=O)c2ccc(=O)n(-c3cccnc3F)n2)s1. The summed E-state index contributed by atoms with van der Waals surface area (Å²) < 4.78 is 28.6. The third-order valence-electron chi connectivity index (χ3n) is 5.12. The largest absolute Gasteiger partial charge is 0.343 e. The molecular weight excluding hydrogens is 446 g/mol. The number of nitrogens with one attached hydrogen (secondary N) is 1. The molecule has 1 amide bonds. The van der Waals surface area contributed by atoms with E-state index in [2.05, 4.69) is 15.4 Å². The number of aryl methyl sites for hydroxylation is 1. The van der Waals surface area contributed by atoms with Gasteiger partial charge in [-0.3, -0.25) is 9.59 Å². The van der Waals surface area contributed by atoms with Gasteiger partial charge < -0.3 is 5.32 Å². The number of carbonyl (C=O) groups excluding carboxylic acids is 1. The summed E-state index contributed by atoms with van der Waals surface area (Å²) in [5, 5.41) is 6.85. The first-order valence-electron chi connectivity index (χ1n) is 10.3. The Balaban J connectivity index is 1.56. The molecule has 1 N–H and O–H groups in total. The maximum Gasteiger partial charge on any atom is 0.272 e. The standard InChI is InChI=1S/C24H20F2N4O2S/c1-3-15-6-7-16(25)13-17(15)21-10-9-20(33-21)14(2)28-24(32)18-8-11-22(31)30(29-18)19-5-4-12-27-23(19)26/h4-14H,3H2,1-2H3,(H,28,32)/t14-/m1/s1. The fraction of sp³-hybridized carbons (Fsp3) is 0.167. The molecule has 33 heavy (non-hydrogen) atoms. The number of aromatic nitrogens is 3. The van der Waals surface area contributed by atoms with E-state index in [0.29, 0.717) is 0 Å². The summed E-state index contributed by atoms with van der Waals surface area (Å²) in [4.78, 5) is 30.2. The summed E-state index contributed by atoms with van der Waals surface area (Å²) in [7, 11) is 0. The Labute approximate surface area is 192 Å². The van der Waals surface area contributed by atoms with Gasteiger partial charge in [0.2, 0.25) is 5.95 Å². The van der Waals surface area contributed by atoms with Gasteiger partial charge in [-0.15, -0.1) is 11.3 Å². The van der Waals surface area contributed by atoms with Gasteiger partial charge in [0.05, 0.1) is 6.04 Å². The van der Waals surface area contributed by atoms with Crippen LogP contribution >= 0.6 is 11.3 Å². The van der Waals surface area contributed by atoms with Crippen LogP contribution in [-0.2, 0) is 6.42 Å². The van der Waals surface area contributed by atoms with Gasteiger partial charge in [0.1, 0.15) is 17.2 Å². The molecule has 0 saturated carbocycles. The molecule has 0 saturated heterocycles. The molecule has 0 fully saturated rings. The van der Waals surface area contributed by atoms with Crippen molar-refractivity contribution in [1.29, 1.82) is 0 Å². The van der Waals surface area contributed by atoms with E-state index in [0.717, 1.165) is 38.1 Å². The second-order valence-electron chi connectivity index (χ2n) is 7.33. The van der Waals surface area contributed by atoms with Crippen molar-refractivity contribution >= 4 is 17.2 Å². The second-order valence-corrected chi connectivity index (χ2v) is 8.45. The van der Waals surface area contributed by atoms with E-state index in [1.54, 1.807) is 6.07 Å². The summed E-state index contributed by atoms with van der Waals surface area (Å²) in [5.41, 5.74) is 1.10. The molecule has 4 rings (SSSR count). The van der Waals surface area contributed by atoms with Gasteiger partial charge in [-0.05, 0) is 66.9 Å². The normalized spacial score (nSPS) is 11.9. The maximum absolute atomic E-state index is 14.0. The van der Waals surface area contributed by atoms with Crippen molar-refractivity contribution in [1.82, 2.24) is 20.1 Å². The molecule has 0 aliphatic carbocycles. The van der Waals surface area contributed by atoms with E-state index in [-0.39, 0.29) is 23.2 Å². The van der Waals surface area contributed by atoms with E-state index >= 15 is 0 Å². The number of pyridine rings is 1. The van der Waals surface area contributed by atoms with Crippen LogP contribution in [0.3, 0.4) is 0 Å². The third-order valence-corrected chi connectivity index (χ3v) is 6.42. The van der Waals surface area contributed by atoms with Crippen LogP contribution in [0.5, 0.6) is 0 Å². The Morgan fingerprint density at radius 2 is 1.97 bits per heavy atom. The molecular formula is C24H20F2N4O2S. The molecule has 0 aliphatic heterocycles. The molecule has 0 unspecified atom stereocenters. The van der Waals surface area contributed by atoms with Crippen molar-refractivity contribution in [2.24, 2.45) is 0 Å². The number of nitrogens with zero attached hydrogens (tertiary/aromatic N) is 3. The first-order valence-corrected chi connectivity index (χ1v) is 11.1. The highest BCUT2D eigenvalue weighted by molar-refractivity contribution is 7.15. The lowest BCUT2D eigenvalue weighted by Crippen LogP contribution is -2.30. The van der Waals surface area contributed by atoms with Crippen LogP contribution in [0, 0.1) is 11.8 Å². The molecule has 1 aromatic carbocycles. The lowest BCUT2D eigenvalue weighted by atomic mass is 10.0. The van der Waals surface area contributed by atoms with E-state index in [1.165, 1.54) is 47.9 Å². The highest BCUT2D eigenvalue weighted by atomic mass is 32.1. The van der Waals surface area contributed by atoms with Crippen molar-refractivity contribution < 1.29 is 13.6 Å². The number of amides is 1. The summed E-state index contributed by atoms with van der Waals surface area (Å²) in [6.45, 7) is 3.83. The van der Waals surface area contributed by atoms with Gasteiger partial charge in [0.15, 0.2) is 0 Å². The fourth-order valence-corrected chi connectivity index (χ4v) is 4.46. The Hall–Kier alpha value is -3.72. The number of carbonyl (C=O) groups is 1. The number of thiophene rings is 1. The zero-order valence-corrected chi connectivity index (χ0v) is 18.7. The van der Waals surface area contributed by atoms with Gasteiger partial charge in [-0.1, -0.05) is 13.0 Å². The topological polar surface area (TPSA) is 76.9 Å². The van der Waals surface area contributed by atoms with Gasteiger partial charge in [-0.25, -0.2) is 9.37 Å². The number of benzene rings is 1. The van der Waals surface area contributed by atoms with Crippen molar-refractivity contribution in [3.63, 3.8) is 0 Å². The zero-order chi connectivity index (χ0) is 23.5. The lowest BCUT2D eigenvalue weighted by molar-refractivity contribution is 0.0933. The third kappa shape index (κ3) is 4.73. The average molecular weight is 467 g/mol. The summed E-state index contributed by atoms with van der Waals surface area (Å²) >= 11 is 1.46. The van der Waals surface area contributed by atoms with Crippen molar-refractivity contribution in [3.05, 3.63) is 99.0 Å². The maximum atomic E-state index is 14.0. The Morgan fingerprint density at radius 1 is 1.15 bits per heavy atom. The molecule has 1 atom stereocenters. The van der Waals surface area contributed by atoms with Gasteiger partial charge in [0.25, 0.3) is 11.5 Å². The van der Waals surface area contributed by atoms with Crippen LogP contribution in [0.1, 0.15) is 40.8 Å². The van der Waals surface area contributed by atoms with Crippen LogP contribution in [0.25, 0.3) is 16.1 Å². The second kappa shape index (κ2) is 9.41. The van der Waals surface area contributed by atoms with Crippen LogP contribution < -0.4 is 10.9 Å². The highest BCUT2D eigenvalue weighted by Gasteiger charge is 2.18. The monoisotopic (exact) mass is 466 g/mol. The minimum atomic E-state index is -0.868. The molecule has 3 aromatic heterocycles. The Kier molecular flexibility index (Phi) is 6.41. The predicted molar refractivity (Wildman–Crippen MR) is 123 cm³/mol. The van der Waals surface area contributed by atoms with Crippen molar-refractivity contribution in [2.45, 2.75) is 26.3 Å². The van der Waals surface area contributed by atoms with Crippen LogP contribution in [0.2, 0.25) is 0 Å².